The van der Waals surface area contributed by atoms with E-state index in [2.05, 4.69) is 36.7 Å². The summed E-state index contributed by atoms with van der Waals surface area (Å²) in [6, 6.07) is 4.97. The number of unbranched alkanes of at least 4 members (excludes halogenated alkanes) is 3. The summed E-state index contributed by atoms with van der Waals surface area (Å²) in [7, 11) is 0. The molecule has 1 nitrogen and oxygen atoms in total. The van der Waals surface area contributed by atoms with Crippen LogP contribution in [-0.2, 0) is 6.54 Å². The van der Waals surface area contributed by atoms with Crippen LogP contribution in [-0.4, -0.2) is 6.04 Å². The fourth-order valence-electron chi connectivity index (χ4n) is 1.67. The smallest absolute Gasteiger partial charge is 0.0302 e. The monoisotopic (exact) mass is 225 g/mol. The van der Waals surface area contributed by atoms with Crippen molar-refractivity contribution in [2.75, 3.05) is 0 Å². The van der Waals surface area contributed by atoms with Gasteiger partial charge in [-0.1, -0.05) is 38.7 Å². The van der Waals surface area contributed by atoms with Gasteiger partial charge in [-0.25, -0.2) is 0 Å². The highest BCUT2D eigenvalue weighted by molar-refractivity contribution is 7.09. The Bertz CT molecular complexity index is 231. The molecule has 0 aliphatic carbocycles. The molecule has 1 aromatic rings. The molecule has 0 aromatic carbocycles. The van der Waals surface area contributed by atoms with E-state index in [-0.39, 0.29) is 0 Å². The van der Waals surface area contributed by atoms with E-state index >= 15 is 0 Å². The van der Waals surface area contributed by atoms with Crippen LogP contribution in [0.2, 0.25) is 0 Å². The largest absolute Gasteiger partial charge is 0.309 e. The van der Waals surface area contributed by atoms with Gasteiger partial charge in [0.05, 0.1) is 0 Å². The van der Waals surface area contributed by atoms with E-state index in [0.717, 1.165) is 6.54 Å². The average molecular weight is 225 g/mol. The second-order valence-corrected chi connectivity index (χ2v) is 5.24. The van der Waals surface area contributed by atoms with Crippen molar-refractivity contribution in [2.45, 2.75) is 58.5 Å². The zero-order valence-corrected chi connectivity index (χ0v) is 10.8. The summed E-state index contributed by atoms with van der Waals surface area (Å²) in [5.74, 6) is 0. The molecule has 0 bridgehead atoms. The number of thiophene rings is 1. The van der Waals surface area contributed by atoms with Crippen LogP contribution in [0, 0.1) is 0 Å². The Balaban J connectivity index is 2.01. The highest BCUT2D eigenvalue weighted by Crippen LogP contribution is 2.09. The van der Waals surface area contributed by atoms with Gasteiger partial charge in [-0.3, -0.25) is 0 Å². The fourth-order valence-corrected chi connectivity index (χ4v) is 2.32. The Labute approximate surface area is 97.9 Å². The Morgan fingerprint density at radius 1 is 1.33 bits per heavy atom. The van der Waals surface area contributed by atoms with Crippen molar-refractivity contribution in [2.24, 2.45) is 0 Å². The van der Waals surface area contributed by atoms with E-state index in [0.29, 0.717) is 6.04 Å². The van der Waals surface area contributed by atoms with Gasteiger partial charge in [-0.2, -0.15) is 0 Å². The molecular formula is C13H23NS. The molecule has 0 saturated carbocycles. The quantitative estimate of drug-likeness (QED) is 0.654. The van der Waals surface area contributed by atoms with Crippen molar-refractivity contribution in [1.29, 1.82) is 0 Å². The van der Waals surface area contributed by atoms with Crippen LogP contribution in [0.15, 0.2) is 17.5 Å². The molecule has 0 aliphatic heterocycles. The molecule has 1 unspecified atom stereocenters. The summed E-state index contributed by atoms with van der Waals surface area (Å²) in [5.41, 5.74) is 0. The highest BCUT2D eigenvalue weighted by atomic mass is 32.1. The third kappa shape index (κ3) is 5.95. The molecule has 0 amide bonds. The molecule has 15 heavy (non-hydrogen) atoms. The van der Waals surface area contributed by atoms with Crippen LogP contribution >= 0.6 is 11.3 Å². The Hall–Kier alpha value is -0.340. The molecule has 1 atom stereocenters. The molecular weight excluding hydrogens is 202 g/mol. The minimum atomic E-state index is 0.656. The summed E-state index contributed by atoms with van der Waals surface area (Å²) >= 11 is 1.83. The minimum absolute atomic E-state index is 0.656. The normalized spacial score (nSPS) is 12.9. The van der Waals surface area contributed by atoms with Gasteiger partial charge in [-0.05, 0) is 24.8 Å². The van der Waals surface area contributed by atoms with E-state index < -0.39 is 0 Å². The molecule has 0 saturated heterocycles. The first-order valence-electron chi connectivity index (χ1n) is 6.08. The van der Waals surface area contributed by atoms with Gasteiger partial charge in [0.15, 0.2) is 0 Å². The lowest BCUT2D eigenvalue weighted by Crippen LogP contribution is -2.24. The van der Waals surface area contributed by atoms with Crippen LogP contribution in [0.25, 0.3) is 0 Å². The predicted octanol–water partition coefficient (Wildman–Crippen LogP) is 4.20. The first kappa shape index (κ1) is 12.7. The number of rotatable bonds is 8. The lowest BCUT2D eigenvalue weighted by atomic mass is 10.1. The molecule has 0 spiro atoms. The molecule has 1 rings (SSSR count). The van der Waals surface area contributed by atoms with E-state index in [1.54, 1.807) is 0 Å². The Kier molecular flexibility index (Phi) is 6.69. The molecule has 1 heterocycles. The molecule has 2 heteroatoms. The predicted molar refractivity (Wildman–Crippen MR) is 69.4 cm³/mol. The van der Waals surface area contributed by atoms with E-state index in [1.165, 1.54) is 37.0 Å². The third-order valence-corrected chi connectivity index (χ3v) is 3.57. The summed E-state index contributed by atoms with van der Waals surface area (Å²) in [4.78, 5) is 1.44. The first-order chi connectivity index (χ1) is 7.33. The number of hydrogen-bond donors (Lipinski definition) is 1. The lowest BCUT2D eigenvalue weighted by molar-refractivity contribution is 0.484. The molecule has 0 fully saturated rings. The van der Waals surface area contributed by atoms with Crippen LogP contribution in [0.5, 0.6) is 0 Å². The summed E-state index contributed by atoms with van der Waals surface area (Å²) in [5, 5.41) is 5.71. The maximum Gasteiger partial charge on any atom is 0.0302 e. The molecule has 86 valence electrons. The van der Waals surface area contributed by atoms with Crippen molar-refractivity contribution in [3.8, 4) is 0 Å². The van der Waals surface area contributed by atoms with Crippen LogP contribution < -0.4 is 5.32 Å². The number of hydrogen-bond acceptors (Lipinski definition) is 2. The zero-order valence-electron chi connectivity index (χ0n) is 9.96. The lowest BCUT2D eigenvalue weighted by Gasteiger charge is -2.12. The summed E-state index contributed by atoms with van der Waals surface area (Å²) < 4.78 is 0. The van der Waals surface area contributed by atoms with Gasteiger partial charge in [0.2, 0.25) is 0 Å². The SMILES string of the molecule is CCCCCCC(C)NCc1cccs1. The van der Waals surface area contributed by atoms with E-state index in [1.807, 2.05) is 11.3 Å². The zero-order chi connectivity index (χ0) is 10.9. The first-order valence-corrected chi connectivity index (χ1v) is 6.96. The molecule has 1 aromatic heterocycles. The van der Waals surface area contributed by atoms with Crippen molar-refractivity contribution < 1.29 is 0 Å². The Morgan fingerprint density at radius 2 is 2.20 bits per heavy atom. The van der Waals surface area contributed by atoms with Crippen molar-refractivity contribution in [3.63, 3.8) is 0 Å². The maximum atomic E-state index is 3.57. The van der Waals surface area contributed by atoms with Gasteiger partial charge >= 0.3 is 0 Å². The van der Waals surface area contributed by atoms with E-state index in [9.17, 15) is 0 Å². The van der Waals surface area contributed by atoms with Gasteiger partial charge in [-0.15, -0.1) is 11.3 Å². The topological polar surface area (TPSA) is 12.0 Å². The van der Waals surface area contributed by atoms with Gasteiger partial charge < -0.3 is 5.32 Å². The number of nitrogens with one attached hydrogen (secondary N) is 1. The summed E-state index contributed by atoms with van der Waals surface area (Å²) in [6.07, 6.45) is 6.79. The van der Waals surface area contributed by atoms with Crippen molar-refractivity contribution >= 4 is 11.3 Å². The highest BCUT2D eigenvalue weighted by Gasteiger charge is 2.01. The minimum Gasteiger partial charge on any atom is -0.309 e. The maximum absolute atomic E-state index is 3.57. The van der Waals surface area contributed by atoms with Gasteiger partial charge in [0.1, 0.15) is 0 Å². The molecule has 0 aliphatic rings. The van der Waals surface area contributed by atoms with Crippen LogP contribution in [0.1, 0.15) is 50.8 Å². The van der Waals surface area contributed by atoms with Crippen molar-refractivity contribution in [3.05, 3.63) is 22.4 Å². The summed E-state index contributed by atoms with van der Waals surface area (Å²) in [6.45, 7) is 5.59. The van der Waals surface area contributed by atoms with Gasteiger partial charge in [0.25, 0.3) is 0 Å². The van der Waals surface area contributed by atoms with Crippen LogP contribution in [0.3, 0.4) is 0 Å². The third-order valence-electron chi connectivity index (χ3n) is 2.70. The van der Waals surface area contributed by atoms with Gasteiger partial charge in [0, 0.05) is 17.5 Å². The average Bonchev–Trinajstić information content (AvgIpc) is 2.74. The van der Waals surface area contributed by atoms with Crippen molar-refractivity contribution in [1.82, 2.24) is 5.32 Å². The van der Waals surface area contributed by atoms with Crippen LogP contribution in [0.4, 0.5) is 0 Å². The fraction of sp³-hybridized carbons (Fsp3) is 0.692. The molecule has 0 radical (unpaired) electrons. The standard InChI is InChI=1S/C13H23NS/c1-3-4-5-6-8-12(2)14-11-13-9-7-10-15-13/h7,9-10,12,14H,3-6,8,11H2,1-2H3. The second-order valence-electron chi connectivity index (χ2n) is 4.21. The molecule has 1 N–H and O–H groups in total. The Morgan fingerprint density at radius 3 is 2.87 bits per heavy atom. The van der Waals surface area contributed by atoms with E-state index in [4.69, 9.17) is 0 Å². The second kappa shape index (κ2) is 7.89.